The van der Waals surface area contributed by atoms with Crippen LogP contribution in [0.3, 0.4) is 0 Å². The molecule has 0 bridgehead atoms. The van der Waals surface area contributed by atoms with Gasteiger partial charge < -0.3 is 10.1 Å². The lowest BCUT2D eigenvalue weighted by atomic mass is 10.2. The summed E-state index contributed by atoms with van der Waals surface area (Å²) in [7, 11) is 0. The molecular formula is C14H21ClN2O. The summed E-state index contributed by atoms with van der Waals surface area (Å²) >= 11 is 5.86. The molecule has 18 heavy (non-hydrogen) atoms. The predicted molar refractivity (Wildman–Crippen MR) is 75.0 cm³/mol. The third-order valence-electron chi connectivity index (χ3n) is 3.20. The average molecular weight is 269 g/mol. The number of benzene rings is 1. The fourth-order valence-corrected chi connectivity index (χ4v) is 2.26. The van der Waals surface area contributed by atoms with Gasteiger partial charge in [-0.3, -0.25) is 4.90 Å². The molecule has 0 spiro atoms. The first-order chi connectivity index (χ1) is 8.74. The quantitative estimate of drug-likeness (QED) is 0.886. The number of morpholine rings is 1. The van der Waals surface area contributed by atoms with E-state index in [1.165, 1.54) is 5.56 Å². The first-order valence-corrected chi connectivity index (χ1v) is 6.90. The molecule has 1 atom stereocenters. The Morgan fingerprint density at radius 3 is 2.61 bits per heavy atom. The van der Waals surface area contributed by atoms with Crippen LogP contribution in [0.25, 0.3) is 0 Å². The topological polar surface area (TPSA) is 24.5 Å². The minimum atomic E-state index is 0.485. The number of rotatable bonds is 5. The van der Waals surface area contributed by atoms with Crippen LogP contribution >= 0.6 is 11.6 Å². The fourth-order valence-electron chi connectivity index (χ4n) is 2.13. The Morgan fingerprint density at radius 2 is 1.94 bits per heavy atom. The molecule has 2 rings (SSSR count). The Labute approximate surface area is 114 Å². The first kappa shape index (κ1) is 13.8. The lowest BCUT2D eigenvalue weighted by molar-refractivity contribution is 0.0343. The molecule has 1 aromatic carbocycles. The lowest BCUT2D eigenvalue weighted by Crippen LogP contribution is -2.44. The maximum atomic E-state index is 5.86. The maximum Gasteiger partial charge on any atom is 0.0594 e. The van der Waals surface area contributed by atoms with Gasteiger partial charge in [-0.2, -0.15) is 0 Å². The van der Waals surface area contributed by atoms with Crippen molar-refractivity contribution in [3.05, 3.63) is 34.9 Å². The smallest absolute Gasteiger partial charge is 0.0594 e. The average Bonchev–Trinajstić information content (AvgIpc) is 2.39. The van der Waals surface area contributed by atoms with Gasteiger partial charge in [0.2, 0.25) is 0 Å². The largest absolute Gasteiger partial charge is 0.379 e. The first-order valence-electron chi connectivity index (χ1n) is 6.52. The molecule has 3 nitrogen and oxygen atoms in total. The number of nitrogens with one attached hydrogen (secondary N) is 1. The summed E-state index contributed by atoms with van der Waals surface area (Å²) in [5.74, 6) is 0. The van der Waals surface area contributed by atoms with Gasteiger partial charge >= 0.3 is 0 Å². The third kappa shape index (κ3) is 4.58. The van der Waals surface area contributed by atoms with E-state index in [1.807, 2.05) is 12.1 Å². The second kappa shape index (κ2) is 7.10. The lowest BCUT2D eigenvalue weighted by Gasteiger charge is -2.29. The maximum absolute atomic E-state index is 5.86. The molecule has 1 unspecified atom stereocenters. The predicted octanol–water partition coefficient (Wildman–Crippen LogP) is 2.15. The van der Waals surface area contributed by atoms with Crippen LogP contribution in [-0.4, -0.2) is 43.8 Å². The Morgan fingerprint density at radius 1 is 1.28 bits per heavy atom. The van der Waals surface area contributed by atoms with Gasteiger partial charge in [0.25, 0.3) is 0 Å². The van der Waals surface area contributed by atoms with Crippen molar-refractivity contribution in [3.63, 3.8) is 0 Å². The van der Waals surface area contributed by atoms with Gasteiger partial charge in [0, 0.05) is 37.2 Å². The highest BCUT2D eigenvalue weighted by Gasteiger charge is 2.13. The Balaban J connectivity index is 1.70. The highest BCUT2D eigenvalue weighted by atomic mass is 35.5. The molecule has 1 aliphatic rings. The van der Waals surface area contributed by atoms with Crippen LogP contribution in [-0.2, 0) is 11.3 Å². The summed E-state index contributed by atoms with van der Waals surface area (Å²) in [4.78, 5) is 2.45. The van der Waals surface area contributed by atoms with Crippen molar-refractivity contribution in [2.45, 2.75) is 19.5 Å². The van der Waals surface area contributed by atoms with Crippen molar-refractivity contribution >= 4 is 11.6 Å². The van der Waals surface area contributed by atoms with Crippen molar-refractivity contribution in [2.75, 3.05) is 32.8 Å². The summed E-state index contributed by atoms with van der Waals surface area (Å²) in [6, 6.07) is 8.49. The Kier molecular flexibility index (Phi) is 5.45. The molecule has 4 heteroatoms. The van der Waals surface area contributed by atoms with E-state index in [0.717, 1.165) is 44.4 Å². The highest BCUT2D eigenvalue weighted by molar-refractivity contribution is 6.30. The van der Waals surface area contributed by atoms with Crippen molar-refractivity contribution in [1.29, 1.82) is 0 Å². The summed E-state index contributed by atoms with van der Waals surface area (Å²) in [6.07, 6.45) is 0. The van der Waals surface area contributed by atoms with E-state index in [9.17, 15) is 0 Å². The van der Waals surface area contributed by atoms with Gasteiger partial charge in [-0.15, -0.1) is 0 Å². The van der Waals surface area contributed by atoms with Crippen LogP contribution in [0.15, 0.2) is 24.3 Å². The van der Waals surface area contributed by atoms with E-state index in [4.69, 9.17) is 16.3 Å². The zero-order valence-electron chi connectivity index (χ0n) is 10.9. The van der Waals surface area contributed by atoms with Crippen LogP contribution < -0.4 is 5.32 Å². The van der Waals surface area contributed by atoms with Gasteiger partial charge in [0.1, 0.15) is 0 Å². The van der Waals surface area contributed by atoms with Crippen LogP contribution in [0.2, 0.25) is 5.02 Å². The molecule has 0 saturated carbocycles. The minimum Gasteiger partial charge on any atom is -0.379 e. The second-order valence-electron chi connectivity index (χ2n) is 4.82. The van der Waals surface area contributed by atoms with E-state index in [0.29, 0.717) is 6.04 Å². The van der Waals surface area contributed by atoms with E-state index >= 15 is 0 Å². The normalized spacial score (nSPS) is 18.8. The van der Waals surface area contributed by atoms with Gasteiger partial charge in [0.05, 0.1) is 13.2 Å². The highest BCUT2D eigenvalue weighted by Crippen LogP contribution is 2.09. The zero-order valence-corrected chi connectivity index (χ0v) is 11.6. The summed E-state index contributed by atoms with van der Waals surface area (Å²) in [6.45, 7) is 8.03. The summed E-state index contributed by atoms with van der Waals surface area (Å²) in [5.41, 5.74) is 1.27. The number of halogens is 1. The molecule has 1 heterocycles. The monoisotopic (exact) mass is 268 g/mol. The molecule has 1 aromatic rings. The molecule has 0 aromatic heterocycles. The molecule has 1 aliphatic heterocycles. The summed E-state index contributed by atoms with van der Waals surface area (Å²) < 4.78 is 5.35. The van der Waals surface area contributed by atoms with Gasteiger partial charge in [-0.05, 0) is 24.6 Å². The van der Waals surface area contributed by atoms with E-state index < -0.39 is 0 Å². The molecule has 100 valence electrons. The van der Waals surface area contributed by atoms with Crippen LogP contribution in [0.1, 0.15) is 12.5 Å². The van der Waals surface area contributed by atoms with Crippen molar-refractivity contribution < 1.29 is 4.74 Å². The van der Waals surface area contributed by atoms with Crippen molar-refractivity contribution in [3.8, 4) is 0 Å². The van der Waals surface area contributed by atoms with Crippen molar-refractivity contribution in [1.82, 2.24) is 10.2 Å². The third-order valence-corrected chi connectivity index (χ3v) is 3.46. The van der Waals surface area contributed by atoms with E-state index in [2.05, 4.69) is 29.3 Å². The second-order valence-corrected chi connectivity index (χ2v) is 5.26. The molecule has 0 radical (unpaired) electrons. The molecule has 1 fully saturated rings. The van der Waals surface area contributed by atoms with Crippen LogP contribution in [0.5, 0.6) is 0 Å². The van der Waals surface area contributed by atoms with Gasteiger partial charge in [-0.1, -0.05) is 23.7 Å². The molecule has 0 aliphatic carbocycles. The van der Waals surface area contributed by atoms with Gasteiger partial charge in [0.15, 0.2) is 0 Å². The Bertz CT molecular complexity index is 349. The van der Waals surface area contributed by atoms with Gasteiger partial charge in [-0.25, -0.2) is 0 Å². The number of hydrogen-bond acceptors (Lipinski definition) is 3. The van der Waals surface area contributed by atoms with E-state index in [-0.39, 0.29) is 0 Å². The fraction of sp³-hybridized carbons (Fsp3) is 0.571. The van der Waals surface area contributed by atoms with Crippen LogP contribution in [0, 0.1) is 0 Å². The SMILES string of the molecule is CC(CN1CCOCC1)NCc1ccc(Cl)cc1. The van der Waals surface area contributed by atoms with E-state index in [1.54, 1.807) is 0 Å². The zero-order chi connectivity index (χ0) is 12.8. The van der Waals surface area contributed by atoms with Crippen LogP contribution in [0.4, 0.5) is 0 Å². The molecule has 1 N–H and O–H groups in total. The standard InChI is InChI=1S/C14H21ClN2O/c1-12(11-17-6-8-18-9-7-17)16-10-13-2-4-14(15)5-3-13/h2-5,12,16H,6-11H2,1H3. The molecule has 0 amide bonds. The number of ether oxygens (including phenoxy) is 1. The number of nitrogens with zero attached hydrogens (tertiary/aromatic N) is 1. The molecule has 1 saturated heterocycles. The number of hydrogen-bond donors (Lipinski definition) is 1. The minimum absolute atomic E-state index is 0.485. The summed E-state index contributed by atoms with van der Waals surface area (Å²) in [5, 5.41) is 4.33. The Hall–Kier alpha value is -0.610. The van der Waals surface area contributed by atoms with Crippen molar-refractivity contribution in [2.24, 2.45) is 0 Å². The molecular weight excluding hydrogens is 248 g/mol.